The molecule has 0 radical (unpaired) electrons. The lowest BCUT2D eigenvalue weighted by Crippen LogP contribution is -2.56. The fraction of sp³-hybridized carbons (Fsp3) is 0.529. The van der Waals surface area contributed by atoms with Crippen molar-refractivity contribution in [1.82, 2.24) is 24.3 Å². The van der Waals surface area contributed by atoms with Crippen LogP contribution in [0.5, 0.6) is 0 Å². The minimum atomic E-state index is 0.0184. The van der Waals surface area contributed by atoms with E-state index < -0.39 is 0 Å². The van der Waals surface area contributed by atoms with Gasteiger partial charge in [-0.2, -0.15) is 0 Å². The van der Waals surface area contributed by atoms with Crippen molar-refractivity contribution in [1.29, 1.82) is 0 Å². The number of carbonyl (C=O) groups excluding carboxylic acids is 2. The number of amides is 2. The van der Waals surface area contributed by atoms with Crippen molar-refractivity contribution in [3.05, 3.63) is 16.1 Å². The van der Waals surface area contributed by atoms with Gasteiger partial charge in [-0.1, -0.05) is 0 Å². The summed E-state index contributed by atoms with van der Waals surface area (Å²) in [5.74, 6) is 0.579. The zero-order valence-corrected chi connectivity index (χ0v) is 16.7. The first-order valence-electron chi connectivity index (χ1n) is 8.75. The van der Waals surface area contributed by atoms with Gasteiger partial charge in [-0.15, -0.1) is 0 Å². The second-order valence-corrected chi connectivity index (χ2v) is 8.24. The minimum absolute atomic E-state index is 0.0184. The Bertz CT molecular complexity index is 874. The average Bonchev–Trinajstić information content (AvgIpc) is 2.96. The molecular weight excluding hydrogens is 447 g/mol. The molecule has 0 bridgehead atoms. The molecule has 26 heavy (non-hydrogen) atoms. The molecule has 3 heterocycles. The van der Waals surface area contributed by atoms with Gasteiger partial charge in [0.25, 0.3) is 0 Å². The van der Waals surface area contributed by atoms with Gasteiger partial charge in [0.05, 0.1) is 11.9 Å². The van der Waals surface area contributed by atoms with Crippen molar-refractivity contribution in [3.63, 3.8) is 0 Å². The maximum Gasteiger partial charge on any atom is 0.242 e. The number of piperazine rings is 1. The summed E-state index contributed by atoms with van der Waals surface area (Å²) in [5.41, 5.74) is 6.88. The third-order valence-electron chi connectivity index (χ3n) is 5.52. The number of hydrogen-bond donors (Lipinski definition) is 1. The molecule has 8 nitrogen and oxygen atoms in total. The first-order chi connectivity index (χ1) is 12.5. The summed E-state index contributed by atoms with van der Waals surface area (Å²) in [6, 6.07) is 0.474. The van der Waals surface area contributed by atoms with Crippen LogP contribution >= 0.6 is 22.6 Å². The van der Waals surface area contributed by atoms with Crippen LogP contribution in [0.15, 0.2) is 12.5 Å². The largest absolute Gasteiger partial charge is 0.383 e. The van der Waals surface area contributed by atoms with Crippen molar-refractivity contribution in [3.8, 4) is 0 Å². The molecule has 2 fully saturated rings. The number of carbonyl (C=O) groups is 2. The molecule has 0 atom stereocenters. The highest BCUT2D eigenvalue weighted by Gasteiger charge is 2.35. The minimum Gasteiger partial charge on any atom is -0.383 e. The van der Waals surface area contributed by atoms with E-state index >= 15 is 0 Å². The summed E-state index contributed by atoms with van der Waals surface area (Å²) in [7, 11) is 1.68. The van der Waals surface area contributed by atoms with Crippen molar-refractivity contribution >= 4 is 51.3 Å². The van der Waals surface area contributed by atoms with E-state index in [0.717, 1.165) is 40.3 Å². The van der Waals surface area contributed by atoms with Gasteiger partial charge in [-0.05, 0) is 48.3 Å². The number of hydrogen-bond acceptors (Lipinski definition) is 5. The van der Waals surface area contributed by atoms with E-state index in [-0.39, 0.29) is 30.9 Å². The summed E-state index contributed by atoms with van der Waals surface area (Å²) in [6.45, 7) is 0.397. The molecule has 1 aliphatic heterocycles. The molecule has 1 saturated carbocycles. The Kier molecular flexibility index (Phi) is 4.49. The number of likely N-dealkylation sites (N-methyl/N-ethyl adjacent to an activating group) is 1. The molecule has 2 amide bonds. The lowest BCUT2D eigenvalue weighted by molar-refractivity contribution is -0.151. The highest BCUT2D eigenvalue weighted by atomic mass is 127. The van der Waals surface area contributed by atoms with Crippen molar-refractivity contribution in [2.24, 2.45) is 0 Å². The molecule has 1 saturated heterocycles. The van der Waals surface area contributed by atoms with Gasteiger partial charge in [0, 0.05) is 28.9 Å². The summed E-state index contributed by atoms with van der Waals surface area (Å²) in [4.78, 5) is 36.1. The predicted molar refractivity (Wildman–Crippen MR) is 105 cm³/mol. The third-order valence-corrected chi connectivity index (χ3v) is 6.33. The van der Waals surface area contributed by atoms with Crippen molar-refractivity contribution in [2.75, 3.05) is 25.9 Å². The standard InChI is InChI=1S/C17H21IN6O2/c1-22-7-14(26)23(8-13(22)25)10-2-4-11(5-3-10)24-6-12(18)15-16(19)20-9-21-17(15)24/h6,9-11H,2-5,7-8H2,1H3,(H2,19,20,21). The Morgan fingerprint density at radius 2 is 1.77 bits per heavy atom. The van der Waals surface area contributed by atoms with Gasteiger partial charge >= 0.3 is 0 Å². The molecule has 2 aromatic heterocycles. The van der Waals surface area contributed by atoms with Crippen molar-refractivity contribution in [2.45, 2.75) is 37.8 Å². The number of rotatable bonds is 2. The van der Waals surface area contributed by atoms with E-state index in [1.807, 2.05) is 0 Å². The monoisotopic (exact) mass is 468 g/mol. The zero-order chi connectivity index (χ0) is 18.4. The van der Waals surface area contributed by atoms with Crippen LogP contribution in [0, 0.1) is 3.57 Å². The highest BCUT2D eigenvalue weighted by molar-refractivity contribution is 14.1. The molecule has 0 aromatic carbocycles. The van der Waals surface area contributed by atoms with E-state index in [1.165, 1.54) is 11.2 Å². The first kappa shape index (κ1) is 17.5. The first-order valence-corrected chi connectivity index (χ1v) is 9.83. The van der Waals surface area contributed by atoms with Crippen molar-refractivity contribution < 1.29 is 9.59 Å². The highest BCUT2D eigenvalue weighted by Crippen LogP contribution is 2.36. The normalized spacial score (nSPS) is 24.5. The Morgan fingerprint density at radius 3 is 2.50 bits per heavy atom. The smallest absolute Gasteiger partial charge is 0.242 e. The van der Waals surface area contributed by atoms with Gasteiger partial charge in [0.2, 0.25) is 11.8 Å². The fourth-order valence-corrected chi connectivity index (χ4v) is 4.88. The van der Waals surface area contributed by atoms with Crippen LogP contribution in [0.3, 0.4) is 0 Å². The Morgan fingerprint density at radius 1 is 1.08 bits per heavy atom. The van der Waals surface area contributed by atoms with Gasteiger partial charge in [0.1, 0.15) is 24.3 Å². The topological polar surface area (TPSA) is 97.3 Å². The summed E-state index contributed by atoms with van der Waals surface area (Å²) < 4.78 is 3.25. The number of fused-ring (bicyclic) bond motifs is 1. The lowest BCUT2D eigenvalue weighted by atomic mass is 9.89. The number of nitrogen functional groups attached to an aromatic ring is 1. The molecule has 138 valence electrons. The second-order valence-electron chi connectivity index (χ2n) is 7.08. The Labute approximate surface area is 164 Å². The zero-order valence-electron chi connectivity index (χ0n) is 14.6. The molecule has 0 spiro atoms. The Balaban J connectivity index is 1.50. The van der Waals surface area contributed by atoms with Crippen LogP contribution < -0.4 is 5.73 Å². The van der Waals surface area contributed by atoms with Crippen LogP contribution in [-0.2, 0) is 9.59 Å². The SMILES string of the molecule is CN1CC(=O)N(C2CCC(n3cc(I)c4c(N)ncnc43)CC2)CC1=O. The summed E-state index contributed by atoms with van der Waals surface area (Å²) >= 11 is 2.27. The molecule has 2 aromatic rings. The molecule has 2 N–H and O–H groups in total. The van der Waals surface area contributed by atoms with E-state index in [4.69, 9.17) is 5.73 Å². The number of aromatic nitrogens is 3. The number of nitrogens with two attached hydrogens (primary N) is 1. The van der Waals surface area contributed by atoms with Gasteiger partial charge in [-0.3, -0.25) is 9.59 Å². The van der Waals surface area contributed by atoms with E-state index in [0.29, 0.717) is 11.9 Å². The Hall–Kier alpha value is -1.91. The predicted octanol–water partition coefficient (Wildman–Crippen LogP) is 1.40. The van der Waals surface area contributed by atoms with Gasteiger partial charge in [0.15, 0.2) is 0 Å². The number of halogens is 1. The summed E-state index contributed by atoms with van der Waals surface area (Å²) in [5, 5.41) is 0.912. The van der Waals surface area contributed by atoms with Crippen LogP contribution in [0.25, 0.3) is 11.0 Å². The maximum absolute atomic E-state index is 12.3. The van der Waals surface area contributed by atoms with Crippen LogP contribution in [0.2, 0.25) is 0 Å². The molecule has 0 unspecified atom stereocenters. The fourth-order valence-electron chi connectivity index (χ4n) is 4.06. The summed E-state index contributed by atoms with van der Waals surface area (Å²) in [6.07, 6.45) is 7.27. The van der Waals surface area contributed by atoms with Crippen LogP contribution in [-0.4, -0.2) is 62.3 Å². The number of nitrogens with zero attached hydrogens (tertiary/aromatic N) is 5. The van der Waals surface area contributed by atoms with E-state index in [2.05, 4.69) is 43.3 Å². The third kappa shape index (κ3) is 2.91. The molecule has 9 heteroatoms. The lowest BCUT2D eigenvalue weighted by Gasteiger charge is -2.40. The molecule has 4 rings (SSSR count). The molecular formula is C17H21IN6O2. The van der Waals surface area contributed by atoms with Gasteiger partial charge < -0.3 is 20.1 Å². The average molecular weight is 468 g/mol. The van der Waals surface area contributed by atoms with Gasteiger partial charge in [-0.25, -0.2) is 9.97 Å². The van der Waals surface area contributed by atoms with E-state index in [9.17, 15) is 9.59 Å². The van der Waals surface area contributed by atoms with E-state index in [1.54, 1.807) is 11.9 Å². The van der Waals surface area contributed by atoms with Crippen LogP contribution in [0.4, 0.5) is 5.82 Å². The second kappa shape index (κ2) is 6.67. The quantitative estimate of drug-likeness (QED) is 0.673. The molecule has 1 aliphatic carbocycles. The number of anilines is 1. The van der Waals surface area contributed by atoms with Crippen LogP contribution in [0.1, 0.15) is 31.7 Å². The maximum atomic E-state index is 12.3. The molecule has 2 aliphatic rings.